The number of benzene rings is 1. The van der Waals surface area contributed by atoms with Crippen LogP contribution in [0.25, 0.3) is 0 Å². The maximum Gasteiger partial charge on any atom is 0.322 e. The molecule has 24 heavy (non-hydrogen) atoms. The third kappa shape index (κ3) is 4.26. The Kier molecular flexibility index (Phi) is 5.49. The van der Waals surface area contributed by atoms with Gasteiger partial charge in [-0.05, 0) is 44.9 Å². The molecule has 0 unspecified atom stereocenters. The van der Waals surface area contributed by atoms with E-state index in [0.717, 1.165) is 11.3 Å². The maximum absolute atomic E-state index is 12.6. The smallest absolute Gasteiger partial charge is 0.322 e. The zero-order chi connectivity index (χ0) is 17.9. The number of nitrogens with one attached hydrogen (secondary N) is 1. The van der Waals surface area contributed by atoms with Crippen molar-refractivity contribution in [3.63, 3.8) is 0 Å². The lowest BCUT2D eigenvalue weighted by Gasteiger charge is -2.25. The zero-order valence-electron chi connectivity index (χ0n) is 14.8. The number of carbonyl (C=O) groups excluding carboxylic acids is 2. The highest BCUT2D eigenvalue weighted by Gasteiger charge is 2.44. The Morgan fingerprint density at radius 1 is 1.08 bits per heavy atom. The summed E-state index contributed by atoms with van der Waals surface area (Å²) in [4.78, 5) is 24.5. The fourth-order valence-corrected chi connectivity index (χ4v) is 2.85. The molecule has 1 aromatic rings. The summed E-state index contributed by atoms with van der Waals surface area (Å²) in [6.07, 6.45) is 0.346. The van der Waals surface area contributed by atoms with E-state index in [1.54, 1.807) is 7.11 Å². The van der Waals surface area contributed by atoms with Gasteiger partial charge in [-0.3, -0.25) is 14.9 Å². The van der Waals surface area contributed by atoms with Crippen LogP contribution in [0, 0.1) is 5.92 Å². The molecule has 6 heteroatoms. The molecule has 0 bridgehead atoms. The van der Waals surface area contributed by atoms with E-state index >= 15 is 0 Å². The quantitative estimate of drug-likeness (QED) is 0.851. The number of hydrogen-bond acceptors (Lipinski definition) is 6. The molecule has 1 N–H and O–H groups in total. The SMILES string of the molecule is COC(=O)[C@@H]1C[C@@H](C(=O)OC(C)(C)C)[C@@H](c2ccc(OC)cc2)N1. The molecule has 0 aromatic heterocycles. The van der Waals surface area contributed by atoms with Crippen LogP contribution in [0.1, 0.15) is 38.8 Å². The Hall–Kier alpha value is -2.08. The molecule has 132 valence electrons. The van der Waals surface area contributed by atoms with Crippen LogP contribution in [0.15, 0.2) is 24.3 Å². The second-order valence-electron chi connectivity index (χ2n) is 6.87. The van der Waals surface area contributed by atoms with Crippen molar-refractivity contribution in [1.29, 1.82) is 0 Å². The van der Waals surface area contributed by atoms with Crippen LogP contribution in [-0.2, 0) is 19.1 Å². The van der Waals surface area contributed by atoms with Crippen LogP contribution >= 0.6 is 0 Å². The molecule has 6 nitrogen and oxygen atoms in total. The van der Waals surface area contributed by atoms with E-state index in [0.29, 0.717) is 6.42 Å². The Bertz CT molecular complexity index is 590. The van der Waals surface area contributed by atoms with Crippen molar-refractivity contribution in [2.24, 2.45) is 5.92 Å². The first-order chi connectivity index (χ1) is 11.2. The molecule has 1 saturated heterocycles. The molecule has 1 aliphatic rings. The Balaban J connectivity index is 2.25. The van der Waals surface area contributed by atoms with Crippen molar-refractivity contribution < 1.29 is 23.8 Å². The van der Waals surface area contributed by atoms with Crippen LogP contribution in [0.2, 0.25) is 0 Å². The predicted octanol–water partition coefficient (Wildman–Crippen LogP) is 2.23. The molecule has 0 amide bonds. The predicted molar refractivity (Wildman–Crippen MR) is 88.6 cm³/mol. The van der Waals surface area contributed by atoms with Gasteiger partial charge in [0.05, 0.1) is 20.1 Å². The molecule has 1 aliphatic heterocycles. The molecule has 0 radical (unpaired) electrons. The van der Waals surface area contributed by atoms with Gasteiger partial charge < -0.3 is 14.2 Å². The lowest BCUT2D eigenvalue weighted by Crippen LogP contribution is -2.33. The van der Waals surface area contributed by atoms with Crippen LogP contribution in [0.4, 0.5) is 0 Å². The molecule has 2 rings (SSSR count). The first kappa shape index (κ1) is 18.3. The highest BCUT2D eigenvalue weighted by Crippen LogP contribution is 2.35. The van der Waals surface area contributed by atoms with Crippen molar-refractivity contribution in [3.05, 3.63) is 29.8 Å². The van der Waals surface area contributed by atoms with Gasteiger partial charge >= 0.3 is 11.9 Å². The maximum atomic E-state index is 12.6. The Labute approximate surface area is 142 Å². The second-order valence-corrected chi connectivity index (χ2v) is 6.87. The van der Waals surface area contributed by atoms with Crippen molar-refractivity contribution in [2.45, 2.75) is 44.9 Å². The van der Waals surface area contributed by atoms with Crippen LogP contribution in [0.3, 0.4) is 0 Å². The minimum atomic E-state index is -0.578. The normalized spacial score (nSPS) is 23.6. The summed E-state index contributed by atoms with van der Waals surface area (Å²) in [6.45, 7) is 5.48. The summed E-state index contributed by atoms with van der Waals surface area (Å²) >= 11 is 0. The van der Waals surface area contributed by atoms with Crippen molar-refractivity contribution in [3.8, 4) is 5.75 Å². The van der Waals surface area contributed by atoms with E-state index in [-0.39, 0.29) is 18.0 Å². The minimum absolute atomic E-state index is 0.310. The highest BCUT2D eigenvalue weighted by atomic mass is 16.6. The van der Waals surface area contributed by atoms with Gasteiger partial charge in [0.25, 0.3) is 0 Å². The van der Waals surface area contributed by atoms with E-state index in [1.807, 2.05) is 45.0 Å². The van der Waals surface area contributed by atoms with E-state index in [4.69, 9.17) is 14.2 Å². The number of esters is 2. The van der Waals surface area contributed by atoms with Gasteiger partial charge in [-0.25, -0.2) is 0 Å². The summed E-state index contributed by atoms with van der Waals surface area (Å²) in [7, 11) is 2.94. The number of methoxy groups -OCH3 is 2. The highest BCUT2D eigenvalue weighted by molar-refractivity contribution is 5.80. The van der Waals surface area contributed by atoms with Crippen LogP contribution < -0.4 is 10.1 Å². The first-order valence-electron chi connectivity index (χ1n) is 7.96. The monoisotopic (exact) mass is 335 g/mol. The molecule has 0 spiro atoms. The molecular weight excluding hydrogens is 310 g/mol. The summed E-state index contributed by atoms with van der Waals surface area (Å²) in [5.74, 6) is -0.418. The first-order valence-corrected chi connectivity index (χ1v) is 7.96. The largest absolute Gasteiger partial charge is 0.497 e. The molecular formula is C18H25NO5. The Morgan fingerprint density at radius 3 is 2.21 bits per heavy atom. The average molecular weight is 335 g/mol. The summed E-state index contributed by atoms with van der Waals surface area (Å²) in [6, 6.07) is 6.58. The van der Waals surface area contributed by atoms with Crippen molar-refractivity contribution in [1.82, 2.24) is 5.32 Å². The Morgan fingerprint density at radius 2 is 1.71 bits per heavy atom. The van der Waals surface area contributed by atoms with Gasteiger partial charge in [-0.1, -0.05) is 12.1 Å². The van der Waals surface area contributed by atoms with Crippen LogP contribution in [0.5, 0.6) is 5.75 Å². The van der Waals surface area contributed by atoms with Crippen molar-refractivity contribution >= 4 is 11.9 Å². The lowest BCUT2D eigenvalue weighted by atomic mass is 9.93. The van der Waals surface area contributed by atoms with Crippen LogP contribution in [-0.4, -0.2) is 37.8 Å². The standard InChI is InChI=1S/C18H25NO5/c1-18(2,3)24-16(20)13-10-14(17(21)23-5)19-15(13)11-6-8-12(22-4)9-7-11/h6-9,13-15,19H,10H2,1-5H3/t13-,14+,15-/m1/s1. The minimum Gasteiger partial charge on any atom is -0.497 e. The van der Waals surface area contributed by atoms with E-state index in [9.17, 15) is 9.59 Å². The third-order valence-corrected chi connectivity index (χ3v) is 3.94. The van der Waals surface area contributed by atoms with E-state index in [2.05, 4.69) is 5.32 Å². The molecule has 0 aliphatic carbocycles. The van der Waals surface area contributed by atoms with Gasteiger partial charge in [0, 0.05) is 6.04 Å². The van der Waals surface area contributed by atoms with Gasteiger partial charge in [0.15, 0.2) is 0 Å². The second kappa shape index (κ2) is 7.21. The molecule has 0 saturated carbocycles. The summed E-state index contributed by atoms with van der Waals surface area (Å²) in [5, 5.41) is 3.20. The zero-order valence-corrected chi connectivity index (χ0v) is 14.8. The van der Waals surface area contributed by atoms with Gasteiger partial charge in [0.2, 0.25) is 0 Å². The van der Waals surface area contributed by atoms with Gasteiger partial charge in [-0.15, -0.1) is 0 Å². The molecule has 1 aromatic carbocycles. The topological polar surface area (TPSA) is 73.9 Å². The summed E-state index contributed by atoms with van der Waals surface area (Å²) in [5.41, 5.74) is 0.323. The summed E-state index contributed by atoms with van der Waals surface area (Å²) < 4.78 is 15.5. The number of hydrogen-bond donors (Lipinski definition) is 1. The fraction of sp³-hybridized carbons (Fsp3) is 0.556. The lowest BCUT2D eigenvalue weighted by molar-refractivity contribution is -0.160. The third-order valence-electron chi connectivity index (χ3n) is 3.94. The van der Waals surface area contributed by atoms with Gasteiger partial charge in [-0.2, -0.15) is 0 Å². The number of rotatable bonds is 4. The fourth-order valence-electron chi connectivity index (χ4n) is 2.85. The molecule has 3 atom stereocenters. The van der Waals surface area contributed by atoms with E-state index < -0.39 is 17.6 Å². The van der Waals surface area contributed by atoms with Crippen molar-refractivity contribution in [2.75, 3.05) is 14.2 Å². The van der Waals surface area contributed by atoms with Gasteiger partial charge in [0.1, 0.15) is 17.4 Å². The average Bonchev–Trinajstić information content (AvgIpc) is 2.98. The molecule has 1 heterocycles. The number of ether oxygens (including phenoxy) is 3. The molecule has 1 fully saturated rings. The van der Waals surface area contributed by atoms with E-state index in [1.165, 1.54) is 7.11 Å². The number of carbonyl (C=O) groups is 2.